The molecule has 7 heteroatoms. The fraction of sp³-hybridized carbons (Fsp3) is 0.176. The molecule has 0 aliphatic rings. The van der Waals surface area contributed by atoms with Gasteiger partial charge < -0.3 is 16.8 Å². The maximum Gasteiger partial charge on any atom is 0.168 e. The fourth-order valence-corrected chi connectivity index (χ4v) is 2.05. The van der Waals surface area contributed by atoms with Crippen molar-refractivity contribution in [3.8, 4) is 0 Å². The van der Waals surface area contributed by atoms with Gasteiger partial charge in [0.15, 0.2) is 10.3 Å². The van der Waals surface area contributed by atoms with Crippen LogP contribution in [0.1, 0.15) is 11.1 Å². The lowest BCUT2D eigenvalue weighted by molar-refractivity contribution is 1.42. The highest BCUT2D eigenvalue weighted by atomic mass is 127. The van der Waals surface area contributed by atoms with Crippen molar-refractivity contribution in [3.63, 3.8) is 0 Å². The Morgan fingerprint density at radius 3 is 2.12 bits per heavy atom. The number of thiocarbonyl (C=S) groups is 1. The molecule has 130 valence electrons. The molecule has 0 spiro atoms. The van der Waals surface area contributed by atoms with E-state index in [4.69, 9.17) is 11.5 Å². The molecule has 0 unspecified atom stereocenters. The summed E-state index contributed by atoms with van der Waals surface area (Å²) in [5.74, 6) is 0. The number of benzene rings is 2. The van der Waals surface area contributed by atoms with Gasteiger partial charge in [-0.3, -0.25) is 0 Å². The van der Waals surface area contributed by atoms with Crippen molar-refractivity contribution < 1.29 is 0 Å². The van der Waals surface area contributed by atoms with E-state index in [9.17, 15) is 0 Å². The molecule has 5 N–H and O–H groups in total. The number of hydrogen-bond donors (Lipinski definition) is 3. The van der Waals surface area contributed by atoms with Crippen LogP contribution in [-0.2, 0) is 0 Å². The molecule has 0 aliphatic heterocycles. The van der Waals surface area contributed by atoms with Crippen LogP contribution in [0.4, 0.5) is 11.4 Å². The second-order valence-corrected chi connectivity index (χ2v) is 6.12. The van der Waals surface area contributed by atoms with E-state index in [-0.39, 0.29) is 24.0 Å². The van der Waals surface area contributed by atoms with E-state index in [1.807, 2.05) is 68.6 Å². The van der Waals surface area contributed by atoms with Gasteiger partial charge in [-0.1, -0.05) is 36.0 Å². The van der Waals surface area contributed by atoms with E-state index in [1.54, 1.807) is 0 Å². The number of nitrogens with two attached hydrogens (primary N) is 2. The lowest BCUT2D eigenvalue weighted by Gasteiger charge is -2.03. The minimum absolute atomic E-state index is 0. The number of rotatable bonds is 2. The second kappa shape index (κ2) is 12.1. The number of nitrogens with zero attached hydrogens (tertiary/aromatic N) is 1. The Morgan fingerprint density at radius 1 is 1.04 bits per heavy atom. The minimum Gasteiger partial charge on any atom is -0.378 e. The SMILES string of the molecule is CSC(N)=Nc1cccc(C)c1.Cc1cccc(NC(N)=S)c1.I. The van der Waals surface area contributed by atoms with Crippen molar-refractivity contribution in [1.29, 1.82) is 0 Å². The van der Waals surface area contributed by atoms with Gasteiger partial charge in [-0.25, -0.2) is 4.99 Å². The molecule has 0 aromatic heterocycles. The van der Waals surface area contributed by atoms with Crippen LogP contribution in [0, 0.1) is 13.8 Å². The number of halogens is 1. The molecule has 24 heavy (non-hydrogen) atoms. The quantitative estimate of drug-likeness (QED) is 0.257. The molecule has 2 aromatic carbocycles. The summed E-state index contributed by atoms with van der Waals surface area (Å²) in [6, 6.07) is 15.8. The molecule has 2 aromatic rings. The van der Waals surface area contributed by atoms with Crippen LogP contribution < -0.4 is 16.8 Å². The van der Waals surface area contributed by atoms with E-state index < -0.39 is 0 Å². The molecule has 0 bridgehead atoms. The molecule has 0 heterocycles. The Kier molecular flexibility index (Phi) is 11.4. The molecule has 0 saturated carbocycles. The lowest BCUT2D eigenvalue weighted by atomic mass is 10.2. The maximum absolute atomic E-state index is 5.57. The minimum atomic E-state index is 0. The van der Waals surface area contributed by atoms with E-state index in [2.05, 4.69) is 22.5 Å². The van der Waals surface area contributed by atoms with Gasteiger partial charge >= 0.3 is 0 Å². The van der Waals surface area contributed by atoms with Crippen molar-refractivity contribution in [2.24, 2.45) is 16.5 Å². The molecule has 0 atom stereocenters. The van der Waals surface area contributed by atoms with Gasteiger partial charge in [-0.2, -0.15) is 0 Å². The number of anilines is 1. The van der Waals surface area contributed by atoms with Gasteiger partial charge in [0, 0.05) is 5.69 Å². The summed E-state index contributed by atoms with van der Waals surface area (Å²) in [7, 11) is 0. The first kappa shape index (κ1) is 22.7. The van der Waals surface area contributed by atoms with Crippen LogP contribution in [0.3, 0.4) is 0 Å². The molecule has 4 nitrogen and oxygen atoms in total. The highest BCUT2D eigenvalue weighted by molar-refractivity contribution is 14.0. The average Bonchev–Trinajstić information content (AvgIpc) is 2.47. The highest BCUT2D eigenvalue weighted by Crippen LogP contribution is 2.14. The number of hydrogen-bond acceptors (Lipinski definition) is 3. The van der Waals surface area contributed by atoms with Gasteiger partial charge in [0.05, 0.1) is 5.69 Å². The van der Waals surface area contributed by atoms with Crippen molar-refractivity contribution >= 4 is 69.6 Å². The van der Waals surface area contributed by atoms with Gasteiger partial charge in [-0.05, 0) is 67.7 Å². The largest absolute Gasteiger partial charge is 0.378 e. The third-order valence-corrected chi connectivity index (χ3v) is 3.35. The lowest BCUT2D eigenvalue weighted by Crippen LogP contribution is -2.18. The molecule has 2 rings (SSSR count). The number of nitrogens with one attached hydrogen (secondary N) is 1. The molecular weight excluding hydrogens is 451 g/mol. The molecule has 0 fully saturated rings. The second-order valence-electron chi connectivity index (χ2n) is 4.85. The Bertz CT molecular complexity index is 690. The van der Waals surface area contributed by atoms with Crippen LogP contribution in [-0.4, -0.2) is 16.5 Å². The zero-order valence-corrected chi connectivity index (χ0v) is 17.9. The van der Waals surface area contributed by atoms with E-state index >= 15 is 0 Å². The standard InChI is InChI=1S/C9H12N2S.C8H10N2S.HI/c1-7-4-3-5-8(6-7)11-9(10)12-2;1-6-3-2-4-7(5-6)10-8(9)11;/h3-6H,1-2H3,(H2,10,11);2-5H,1H3,(H3,9,10,11);1H. The molecular formula is C17H23IN4S2. The highest BCUT2D eigenvalue weighted by Gasteiger charge is 1.92. The maximum atomic E-state index is 5.57. The van der Waals surface area contributed by atoms with Gasteiger partial charge in [-0.15, -0.1) is 24.0 Å². The van der Waals surface area contributed by atoms with E-state index in [0.717, 1.165) is 11.4 Å². The predicted octanol–water partition coefficient (Wildman–Crippen LogP) is 4.57. The van der Waals surface area contributed by atoms with Crippen LogP contribution in [0.15, 0.2) is 53.5 Å². The normalized spacial score (nSPS) is 10.0. The van der Waals surface area contributed by atoms with Gasteiger partial charge in [0.25, 0.3) is 0 Å². The van der Waals surface area contributed by atoms with Gasteiger partial charge in [0.1, 0.15) is 0 Å². The van der Waals surface area contributed by atoms with Crippen LogP contribution >= 0.6 is 48.0 Å². The first-order valence-electron chi connectivity index (χ1n) is 6.98. The predicted molar refractivity (Wildman–Crippen MR) is 123 cm³/mol. The molecule has 0 radical (unpaired) electrons. The van der Waals surface area contributed by atoms with E-state index in [0.29, 0.717) is 10.3 Å². The Balaban J connectivity index is 0.000000425. The zero-order valence-electron chi connectivity index (χ0n) is 13.9. The van der Waals surface area contributed by atoms with Crippen LogP contribution in [0.2, 0.25) is 0 Å². The summed E-state index contributed by atoms with van der Waals surface area (Å²) in [5, 5.41) is 3.75. The summed E-state index contributed by atoms with van der Waals surface area (Å²) in [6.07, 6.45) is 1.91. The third kappa shape index (κ3) is 9.74. The van der Waals surface area contributed by atoms with E-state index in [1.165, 1.54) is 22.9 Å². The first-order chi connectivity index (χ1) is 10.9. The Hall–Kier alpha value is -1.32. The fourth-order valence-electron chi connectivity index (χ4n) is 1.74. The summed E-state index contributed by atoms with van der Waals surface area (Å²) >= 11 is 6.14. The monoisotopic (exact) mass is 474 g/mol. The van der Waals surface area contributed by atoms with Crippen LogP contribution in [0.25, 0.3) is 0 Å². The summed E-state index contributed by atoms with van der Waals surface area (Å²) in [4.78, 5) is 4.20. The summed E-state index contributed by atoms with van der Waals surface area (Å²) in [5.41, 5.74) is 15.1. The number of thioether (sulfide) groups is 1. The van der Waals surface area contributed by atoms with Crippen molar-refractivity contribution in [2.45, 2.75) is 13.8 Å². The Morgan fingerprint density at radius 2 is 1.62 bits per heavy atom. The van der Waals surface area contributed by atoms with Crippen molar-refractivity contribution in [2.75, 3.05) is 11.6 Å². The average molecular weight is 474 g/mol. The summed E-state index contributed by atoms with van der Waals surface area (Å²) in [6.45, 7) is 4.05. The first-order valence-corrected chi connectivity index (χ1v) is 8.62. The molecule has 0 aliphatic carbocycles. The topological polar surface area (TPSA) is 76.4 Å². The molecule has 0 saturated heterocycles. The smallest absolute Gasteiger partial charge is 0.168 e. The van der Waals surface area contributed by atoms with Gasteiger partial charge in [0.2, 0.25) is 0 Å². The number of aliphatic imine (C=N–C) groups is 1. The third-order valence-electron chi connectivity index (χ3n) is 2.74. The van der Waals surface area contributed by atoms with Crippen molar-refractivity contribution in [3.05, 3.63) is 59.7 Å². The number of amidine groups is 1. The zero-order chi connectivity index (χ0) is 17.2. The van der Waals surface area contributed by atoms with Crippen LogP contribution in [0.5, 0.6) is 0 Å². The molecule has 0 amide bonds. The Labute approximate surface area is 170 Å². The summed E-state index contributed by atoms with van der Waals surface area (Å²) < 4.78 is 0. The number of aryl methyl sites for hydroxylation is 2. The van der Waals surface area contributed by atoms with Crippen molar-refractivity contribution in [1.82, 2.24) is 0 Å².